The van der Waals surface area contributed by atoms with E-state index in [1.807, 2.05) is 13.8 Å². The molecule has 0 aromatic carbocycles. The third kappa shape index (κ3) is 2.21. The SMILES string of the molecule is CC(C)c1nnc2sc(C(=O)N3CCOCC3)nn12. The van der Waals surface area contributed by atoms with E-state index in [2.05, 4.69) is 15.3 Å². The van der Waals surface area contributed by atoms with Crippen LogP contribution in [-0.4, -0.2) is 56.9 Å². The van der Waals surface area contributed by atoms with Gasteiger partial charge in [0, 0.05) is 19.0 Å². The second kappa shape index (κ2) is 4.86. The fraction of sp³-hybridized carbons (Fsp3) is 0.636. The van der Waals surface area contributed by atoms with Crippen molar-refractivity contribution in [2.24, 2.45) is 0 Å². The van der Waals surface area contributed by atoms with Crippen LogP contribution in [0.1, 0.15) is 35.4 Å². The first-order valence-corrected chi connectivity index (χ1v) is 7.07. The maximum atomic E-state index is 12.3. The number of carbonyl (C=O) groups excluding carboxylic acids is 1. The lowest BCUT2D eigenvalue weighted by molar-refractivity contribution is 0.0302. The summed E-state index contributed by atoms with van der Waals surface area (Å²) in [4.78, 5) is 14.7. The Labute approximate surface area is 114 Å². The predicted molar refractivity (Wildman–Crippen MR) is 69.5 cm³/mol. The summed E-state index contributed by atoms with van der Waals surface area (Å²) in [6, 6.07) is 0. The molecular weight excluding hydrogens is 266 g/mol. The quantitative estimate of drug-likeness (QED) is 0.813. The van der Waals surface area contributed by atoms with Crippen molar-refractivity contribution < 1.29 is 9.53 Å². The van der Waals surface area contributed by atoms with Crippen LogP contribution in [-0.2, 0) is 4.74 Å². The number of morpholine rings is 1. The smallest absolute Gasteiger partial charge is 0.285 e. The molecule has 0 N–H and O–H groups in total. The first-order valence-electron chi connectivity index (χ1n) is 6.26. The predicted octanol–water partition coefficient (Wildman–Crippen LogP) is 0.782. The zero-order valence-electron chi connectivity index (χ0n) is 10.9. The Kier molecular flexibility index (Phi) is 3.19. The van der Waals surface area contributed by atoms with Gasteiger partial charge in [-0.1, -0.05) is 25.2 Å². The van der Waals surface area contributed by atoms with E-state index in [1.54, 1.807) is 9.42 Å². The Morgan fingerprint density at radius 2 is 2.05 bits per heavy atom. The van der Waals surface area contributed by atoms with Crippen LogP contribution in [0.5, 0.6) is 0 Å². The standard InChI is InChI=1S/C11H15N5O2S/c1-7(2)8-12-13-11-16(8)14-9(19-11)10(17)15-3-5-18-6-4-15/h7H,3-6H2,1-2H3. The average Bonchev–Trinajstić information content (AvgIpc) is 2.98. The van der Waals surface area contributed by atoms with Crippen LogP contribution in [0, 0.1) is 0 Å². The molecule has 0 saturated carbocycles. The van der Waals surface area contributed by atoms with Crippen molar-refractivity contribution in [3.8, 4) is 0 Å². The van der Waals surface area contributed by atoms with Gasteiger partial charge in [-0.3, -0.25) is 4.79 Å². The van der Waals surface area contributed by atoms with Gasteiger partial charge in [-0.15, -0.1) is 15.3 Å². The number of aromatic nitrogens is 4. The third-order valence-corrected chi connectivity index (χ3v) is 3.90. The van der Waals surface area contributed by atoms with Crippen LogP contribution in [0.3, 0.4) is 0 Å². The lowest BCUT2D eigenvalue weighted by Gasteiger charge is -2.25. The van der Waals surface area contributed by atoms with Gasteiger partial charge >= 0.3 is 0 Å². The molecule has 0 bridgehead atoms. The average molecular weight is 281 g/mol. The summed E-state index contributed by atoms with van der Waals surface area (Å²) >= 11 is 1.28. The molecule has 1 saturated heterocycles. The second-order valence-electron chi connectivity index (χ2n) is 4.72. The molecule has 0 radical (unpaired) electrons. The molecule has 3 heterocycles. The van der Waals surface area contributed by atoms with Crippen molar-refractivity contribution in [3.63, 3.8) is 0 Å². The van der Waals surface area contributed by atoms with Gasteiger partial charge in [0.2, 0.25) is 9.97 Å². The van der Waals surface area contributed by atoms with Gasteiger partial charge in [0.15, 0.2) is 5.82 Å². The monoisotopic (exact) mass is 281 g/mol. The van der Waals surface area contributed by atoms with Crippen molar-refractivity contribution >= 4 is 22.2 Å². The van der Waals surface area contributed by atoms with Crippen LogP contribution in [0.2, 0.25) is 0 Å². The number of amides is 1. The lowest BCUT2D eigenvalue weighted by Crippen LogP contribution is -2.40. The minimum absolute atomic E-state index is 0.0477. The summed E-state index contributed by atoms with van der Waals surface area (Å²) in [6.07, 6.45) is 0. The molecule has 1 aliphatic heterocycles. The van der Waals surface area contributed by atoms with Crippen LogP contribution in [0.15, 0.2) is 0 Å². The van der Waals surface area contributed by atoms with Gasteiger partial charge in [-0.25, -0.2) is 0 Å². The summed E-state index contributed by atoms with van der Waals surface area (Å²) in [5, 5.41) is 13.0. The summed E-state index contributed by atoms with van der Waals surface area (Å²) < 4.78 is 6.91. The Morgan fingerprint density at radius 1 is 1.32 bits per heavy atom. The van der Waals surface area contributed by atoms with E-state index >= 15 is 0 Å². The highest BCUT2D eigenvalue weighted by atomic mass is 32.1. The molecule has 3 rings (SSSR count). The summed E-state index contributed by atoms with van der Waals surface area (Å²) in [5.41, 5.74) is 0. The van der Waals surface area contributed by atoms with Crippen molar-refractivity contribution in [1.29, 1.82) is 0 Å². The number of ether oxygens (including phenoxy) is 1. The number of fused-ring (bicyclic) bond motifs is 1. The van der Waals surface area contributed by atoms with Gasteiger partial charge in [-0.2, -0.15) is 4.52 Å². The van der Waals surface area contributed by atoms with Crippen LogP contribution < -0.4 is 0 Å². The van der Waals surface area contributed by atoms with E-state index in [9.17, 15) is 4.79 Å². The molecule has 102 valence electrons. The Morgan fingerprint density at radius 3 is 2.74 bits per heavy atom. The first kappa shape index (κ1) is 12.5. The molecule has 1 fully saturated rings. The van der Waals surface area contributed by atoms with E-state index in [4.69, 9.17) is 4.74 Å². The molecule has 0 aliphatic carbocycles. The second-order valence-corrected chi connectivity index (χ2v) is 5.68. The van der Waals surface area contributed by atoms with Gasteiger partial charge in [0.25, 0.3) is 5.91 Å². The van der Waals surface area contributed by atoms with Crippen LogP contribution in [0.4, 0.5) is 0 Å². The highest BCUT2D eigenvalue weighted by molar-refractivity contribution is 7.18. The molecule has 0 atom stereocenters. The molecular formula is C11H15N5O2S. The van der Waals surface area contributed by atoms with Crippen molar-refractivity contribution in [2.75, 3.05) is 26.3 Å². The summed E-state index contributed by atoms with van der Waals surface area (Å²) in [7, 11) is 0. The molecule has 0 unspecified atom stereocenters. The van der Waals surface area contributed by atoms with Crippen molar-refractivity contribution in [1.82, 2.24) is 24.7 Å². The van der Waals surface area contributed by atoms with Gasteiger partial charge in [0.05, 0.1) is 13.2 Å². The van der Waals surface area contributed by atoms with E-state index in [-0.39, 0.29) is 11.8 Å². The highest BCUT2D eigenvalue weighted by Gasteiger charge is 2.24. The first-order chi connectivity index (χ1) is 9.16. The fourth-order valence-corrected chi connectivity index (χ4v) is 2.79. The lowest BCUT2D eigenvalue weighted by atomic mass is 10.2. The van der Waals surface area contributed by atoms with E-state index in [0.717, 1.165) is 5.82 Å². The van der Waals surface area contributed by atoms with Crippen molar-refractivity contribution in [2.45, 2.75) is 19.8 Å². The van der Waals surface area contributed by atoms with E-state index < -0.39 is 0 Å². The van der Waals surface area contributed by atoms with Crippen LogP contribution in [0.25, 0.3) is 4.96 Å². The number of nitrogens with zero attached hydrogens (tertiary/aromatic N) is 5. The number of carbonyl (C=O) groups is 1. The maximum Gasteiger partial charge on any atom is 0.285 e. The van der Waals surface area contributed by atoms with Crippen LogP contribution >= 0.6 is 11.3 Å². The van der Waals surface area contributed by atoms with Gasteiger partial charge < -0.3 is 9.64 Å². The normalized spacial score (nSPS) is 16.5. The minimum Gasteiger partial charge on any atom is -0.378 e. The molecule has 0 spiro atoms. The summed E-state index contributed by atoms with van der Waals surface area (Å²) in [6.45, 7) is 6.48. The zero-order valence-corrected chi connectivity index (χ0v) is 11.7. The molecule has 7 nitrogen and oxygen atoms in total. The topological polar surface area (TPSA) is 72.6 Å². The van der Waals surface area contributed by atoms with Gasteiger partial charge in [-0.05, 0) is 0 Å². The minimum atomic E-state index is -0.0477. The third-order valence-electron chi connectivity index (χ3n) is 3.01. The fourth-order valence-electron chi connectivity index (χ4n) is 1.98. The molecule has 2 aromatic heterocycles. The number of rotatable bonds is 2. The van der Waals surface area contributed by atoms with Crippen molar-refractivity contribution in [3.05, 3.63) is 10.8 Å². The number of hydrogen-bond donors (Lipinski definition) is 0. The largest absolute Gasteiger partial charge is 0.378 e. The van der Waals surface area contributed by atoms with Gasteiger partial charge in [0.1, 0.15) is 0 Å². The molecule has 1 aliphatic rings. The van der Waals surface area contributed by atoms with E-state index in [1.165, 1.54) is 11.3 Å². The Hall–Kier alpha value is -1.54. The maximum absolute atomic E-state index is 12.3. The molecule has 19 heavy (non-hydrogen) atoms. The molecule has 2 aromatic rings. The number of hydrogen-bond acceptors (Lipinski definition) is 6. The Bertz CT molecular complexity index is 599. The highest BCUT2D eigenvalue weighted by Crippen LogP contribution is 2.19. The zero-order chi connectivity index (χ0) is 13.4. The Balaban J connectivity index is 1.90. The molecule has 8 heteroatoms. The molecule has 1 amide bonds. The van der Waals surface area contributed by atoms with E-state index in [0.29, 0.717) is 36.3 Å². The summed E-state index contributed by atoms with van der Waals surface area (Å²) in [5.74, 6) is 0.962.